The molecule has 0 aliphatic carbocycles. The molecule has 2 amide bonds. The molecule has 1 saturated heterocycles. The molecule has 2 heterocycles. The standard InChI is InChI=1S/C25H28N4O5S/c1-19-5-2-8-22(15-19)28-10-12-29(13-11-28)35(32,33)18-24(30)26-17-20-6-3-7-21(16-20)27-25(31)23-9-4-14-34-23/h2-9,14-16H,10-13,17-18H2,1H3,(H,26,30)(H,27,31). The first kappa shape index (κ1) is 24.5. The van der Waals surface area contributed by atoms with Gasteiger partial charge in [0, 0.05) is 44.1 Å². The van der Waals surface area contributed by atoms with Crippen LogP contribution in [-0.4, -0.2) is 56.5 Å². The molecule has 184 valence electrons. The molecule has 0 spiro atoms. The van der Waals surface area contributed by atoms with Gasteiger partial charge in [0.1, 0.15) is 5.75 Å². The van der Waals surface area contributed by atoms with Crippen LogP contribution in [0, 0.1) is 6.92 Å². The van der Waals surface area contributed by atoms with E-state index in [9.17, 15) is 18.0 Å². The van der Waals surface area contributed by atoms with E-state index in [0.29, 0.717) is 31.9 Å². The molecule has 0 saturated carbocycles. The second-order valence-corrected chi connectivity index (χ2v) is 10.4. The van der Waals surface area contributed by atoms with Crippen LogP contribution in [0.1, 0.15) is 21.7 Å². The molecule has 1 aliphatic rings. The normalized spacial score (nSPS) is 14.5. The van der Waals surface area contributed by atoms with Gasteiger partial charge in [-0.05, 0) is 54.4 Å². The highest BCUT2D eigenvalue weighted by Gasteiger charge is 2.29. The Hall–Kier alpha value is -3.63. The maximum Gasteiger partial charge on any atom is 0.291 e. The number of benzene rings is 2. The lowest BCUT2D eigenvalue weighted by molar-refractivity contribution is -0.118. The summed E-state index contributed by atoms with van der Waals surface area (Å²) in [5, 5.41) is 5.38. The van der Waals surface area contributed by atoms with E-state index in [4.69, 9.17) is 4.42 Å². The minimum absolute atomic E-state index is 0.139. The molecule has 10 heteroatoms. The van der Waals surface area contributed by atoms with Crippen LogP contribution in [-0.2, 0) is 21.4 Å². The van der Waals surface area contributed by atoms with E-state index in [0.717, 1.165) is 16.8 Å². The number of hydrogen-bond donors (Lipinski definition) is 2. The molecule has 2 aromatic carbocycles. The van der Waals surface area contributed by atoms with Gasteiger partial charge in [-0.2, -0.15) is 4.31 Å². The molecule has 0 unspecified atom stereocenters. The summed E-state index contributed by atoms with van der Waals surface area (Å²) in [6.07, 6.45) is 1.42. The van der Waals surface area contributed by atoms with Crippen LogP contribution in [0.2, 0.25) is 0 Å². The second-order valence-electron chi connectivity index (χ2n) is 8.39. The number of carbonyl (C=O) groups is 2. The monoisotopic (exact) mass is 496 g/mol. The maximum atomic E-state index is 12.8. The molecule has 0 atom stereocenters. The number of carbonyl (C=O) groups excluding carboxylic acids is 2. The third kappa shape index (κ3) is 6.49. The van der Waals surface area contributed by atoms with Crippen LogP contribution >= 0.6 is 0 Å². The molecule has 3 aromatic rings. The Balaban J connectivity index is 1.26. The van der Waals surface area contributed by atoms with Crippen LogP contribution in [0.3, 0.4) is 0 Å². The van der Waals surface area contributed by atoms with Crippen LogP contribution in [0.4, 0.5) is 11.4 Å². The Labute approximate surface area is 204 Å². The Morgan fingerprint density at radius 1 is 0.971 bits per heavy atom. The number of amides is 2. The third-order valence-electron chi connectivity index (χ3n) is 5.73. The Morgan fingerprint density at radius 3 is 2.46 bits per heavy atom. The molecular weight excluding hydrogens is 468 g/mol. The van der Waals surface area contributed by atoms with Crippen molar-refractivity contribution in [1.82, 2.24) is 9.62 Å². The van der Waals surface area contributed by atoms with Gasteiger partial charge in [0.2, 0.25) is 15.9 Å². The first-order chi connectivity index (χ1) is 16.8. The summed E-state index contributed by atoms with van der Waals surface area (Å²) in [5.74, 6) is -1.37. The van der Waals surface area contributed by atoms with Crippen molar-refractivity contribution in [2.75, 3.05) is 42.1 Å². The number of nitrogens with one attached hydrogen (secondary N) is 2. The van der Waals surface area contributed by atoms with Gasteiger partial charge < -0.3 is 20.0 Å². The van der Waals surface area contributed by atoms with Gasteiger partial charge in [0.05, 0.1) is 6.26 Å². The zero-order valence-electron chi connectivity index (χ0n) is 19.4. The summed E-state index contributed by atoms with van der Waals surface area (Å²) in [6, 6.07) is 18.2. The van der Waals surface area contributed by atoms with E-state index in [1.54, 1.807) is 36.4 Å². The molecule has 0 bridgehead atoms. The van der Waals surface area contributed by atoms with Crippen molar-refractivity contribution < 1.29 is 22.4 Å². The SMILES string of the molecule is Cc1cccc(N2CCN(S(=O)(=O)CC(=O)NCc3cccc(NC(=O)c4ccco4)c3)CC2)c1. The van der Waals surface area contributed by atoms with E-state index in [-0.39, 0.29) is 18.2 Å². The van der Waals surface area contributed by atoms with E-state index in [1.807, 2.05) is 25.1 Å². The minimum Gasteiger partial charge on any atom is -0.459 e. The van der Waals surface area contributed by atoms with Gasteiger partial charge in [0.15, 0.2) is 5.76 Å². The number of hydrogen-bond acceptors (Lipinski definition) is 6. The smallest absolute Gasteiger partial charge is 0.291 e. The molecule has 2 N–H and O–H groups in total. The van der Waals surface area contributed by atoms with Gasteiger partial charge in [-0.15, -0.1) is 0 Å². The lowest BCUT2D eigenvalue weighted by atomic mass is 10.2. The Morgan fingerprint density at radius 2 is 1.74 bits per heavy atom. The first-order valence-electron chi connectivity index (χ1n) is 11.3. The summed E-state index contributed by atoms with van der Waals surface area (Å²) >= 11 is 0. The van der Waals surface area contributed by atoms with Crippen LogP contribution < -0.4 is 15.5 Å². The zero-order chi connectivity index (χ0) is 24.8. The quantitative estimate of drug-likeness (QED) is 0.496. The lowest BCUT2D eigenvalue weighted by Gasteiger charge is -2.35. The van der Waals surface area contributed by atoms with Crippen LogP contribution in [0.15, 0.2) is 71.3 Å². The predicted octanol–water partition coefficient (Wildman–Crippen LogP) is 2.61. The van der Waals surface area contributed by atoms with E-state index < -0.39 is 21.7 Å². The van der Waals surface area contributed by atoms with Gasteiger partial charge in [-0.1, -0.05) is 24.3 Å². The number of anilines is 2. The van der Waals surface area contributed by atoms with E-state index >= 15 is 0 Å². The van der Waals surface area contributed by atoms with Gasteiger partial charge >= 0.3 is 0 Å². The average molecular weight is 497 g/mol. The Kier molecular flexibility index (Phi) is 7.52. The lowest BCUT2D eigenvalue weighted by Crippen LogP contribution is -2.50. The van der Waals surface area contributed by atoms with Crippen molar-refractivity contribution in [3.63, 3.8) is 0 Å². The zero-order valence-corrected chi connectivity index (χ0v) is 20.3. The van der Waals surface area contributed by atoms with Crippen molar-refractivity contribution in [3.05, 3.63) is 83.8 Å². The second kappa shape index (κ2) is 10.7. The molecule has 4 rings (SSSR count). The Bertz CT molecular complexity index is 1280. The molecule has 1 aromatic heterocycles. The maximum absolute atomic E-state index is 12.8. The highest BCUT2D eigenvalue weighted by Crippen LogP contribution is 2.19. The first-order valence-corrected chi connectivity index (χ1v) is 12.9. The fourth-order valence-corrected chi connectivity index (χ4v) is 5.25. The number of sulfonamides is 1. The average Bonchev–Trinajstić information content (AvgIpc) is 3.38. The summed E-state index contributed by atoms with van der Waals surface area (Å²) in [4.78, 5) is 26.7. The van der Waals surface area contributed by atoms with E-state index in [1.165, 1.54) is 10.6 Å². The van der Waals surface area contributed by atoms with Crippen LogP contribution in [0.25, 0.3) is 0 Å². The number of piperazine rings is 1. The highest BCUT2D eigenvalue weighted by atomic mass is 32.2. The molecular formula is C25H28N4O5S. The van der Waals surface area contributed by atoms with Crippen molar-refractivity contribution >= 4 is 33.2 Å². The number of rotatable bonds is 8. The third-order valence-corrected chi connectivity index (χ3v) is 7.51. The molecule has 35 heavy (non-hydrogen) atoms. The number of furan rings is 1. The van der Waals surface area contributed by atoms with Gasteiger partial charge in [-0.3, -0.25) is 9.59 Å². The molecule has 9 nitrogen and oxygen atoms in total. The van der Waals surface area contributed by atoms with Gasteiger partial charge in [-0.25, -0.2) is 8.42 Å². The van der Waals surface area contributed by atoms with Crippen molar-refractivity contribution in [3.8, 4) is 0 Å². The van der Waals surface area contributed by atoms with Crippen LogP contribution in [0.5, 0.6) is 0 Å². The summed E-state index contributed by atoms with van der Waals surface area (Å²) in [7, 11) is -3.72. The van der Waals surface area contributed by atoms with Crippen molar-refractivity contribution in [1.29, 1.82) is 0 Å². The van der Waals surface area contributed by atoms with E-state index in [2.05, 4.69) is 21.6 Å². The van der Waals surface area contributed by atoms with Crippen molar-refractivity contribution in [2.24, 2.45) is 0 Å². The fourth-order valence-electron chi connectivity index (χ4n) is 3.92. The van der Waals surface area contributed by atoms with Crippen molar-refractivity contribution in [2.45, 2.75) is 13.5 Å². The minimum atomic E-state index is -3.72. The summed E-state index contributed by atoms with van der Waals surface area (Å²) < 4.78 is 32.0. The predicted molar refractivity (Wildman–Crippen MR) is 134 cm³/mol. The summed E-state index contributed by atoms with van der Waals surface area (Å²) in [6.45, 7) is 3.97. The molecule has 0 radical (unpaired) electrons. The molecule has 1 fully saturated rings. The largest absolute Gasteiger partial charge is 0.459 e. The number of aryl methyl sites for hydroxylation is 1. The highest BCUT2D eigenvalue weighted by molar-refractivity contribution is 7.89. The molecule has 1 aliphatic heterocycles. The fraction of sp³-hybridized carbons (Fsp3) is 0.280. The number of nitrogens with zero attached hydrogens (tertiary/aromatic N) is 2. The topological polar surface area (TPSA) is 112 Å². The summed E-state index contributed by atoms with van der Waals surface area (Å²) in [5.41, 5.74) is 3.49. The van der Waals surface area contributed by atoms with Gasteiger partial charge in [0.25, 0.3) is 5.91 Å².